The van der Waals surface area contributed by atoms with Crippen molar-refractivity contribution in [1.82, 2.24) is 5.32 Å². The molecule has 1 aliphatic rings. The molecule has 0 bridgehead atoms. The van der Waals surface area contributed by atoms with Crippen LogP contribution in [0.1, 0.15) is 361 Å². The Bertz CT molecular complexity index is 1350. The smallest absolute Gasteiger partial charge is 0.305 e. The van der Waals surface area contributed by atoms with Crippen molar-refractivity contribution < 1.29 is 49.3 Å². The van der Waals surface area contributed by atoms with Gasteiger partial charge < -0.3 is 45.1 Å². The van der Waals surface area contributed by atoms with Gasteiger partial charge in [-0.3, -0.25) is 9.59 Å². The number of hydrogen-bond acceptors (Lipinski definition) is 10. The fourth-order valence-corrected chi connectivity index (χ4v) is 11.6. The van der Waals surface area contributed by atoms with Crippen LogP contribution in [0.25, 0.3) is 0 Å². The minimum atomic E-state index is -1.57. The standard InChI is InChI=1S/C70H135NO10/c1-3-5-7-9-11-13-14-15-16-17-25-29-32-35-38-42-46-50-54-58-66(75)79-59-55-51-47-43-39-36-33-30-27-24-22-20-18-19-21-23-26-28-31-34-37-41-45-49-53-57-65(74)71-62(63(73)56-52-48-44-40-12-10-8-6-4-2)61-80-70-69(78)68(77)67(76)64(60-72)81-70/h52,56,62-64,67-70,72-73,76-78H,3-51,53-55,57-61H2,1-2H3,(H,71,74)/b56-52+. The second-order valence-electron chi connectivity index (χ2n) is 25.0. The second kappa shape index (κ2) is 60.1. The summed E-state index contributed by atoms with van der Waals surface area (Å²) in [5.74, 6) is -0.169. The van der Waals surface area contributed by atoms with E-state index >= 15 is 0 Å². The van der Waals surface area contributed by atoms with Gasteiger partial charge in [-0.2, -0.15) is 0 Å². The van der Waals surface area contributed by atoms with Crippen LogP contribution < -0.4 is 5.32 Å². The van der Waals surface area contributed by atoms with Gasteiger partial charge in [0.05, 0.1) is 32.0 Å². The minimum Gasteiger partial charge on any atom is -0.466 e. The summed E-state index contributed by atoms with van der Waals surface area (Å²) >= 11 is 0. The molecule has 0 radical (unpaired) electrons. The lowest BCUT2D eigenvalue weighted by atomic mass is 9.99. The number of aliphatic hydroxyl groups excluding tert-OH is 5. The Morgan fingerprint density at radius 1 is 0.444 bits per heavy atom. The number of hydrogen-bond donors (Lipinski definition) is 6. The molecule has 1 rings (SSSR count). The average Bonchev–Trinajstić information content (AvgIpc) is 3.47. The molecule has 0 aromatic heterocycles. The summed E-state index contributed by atoms with van der Waals surface area (Å²) in [6, 6.07) is -0.806. The highest BCUT2D eigenvalue weighted by Gasteiger charge is 2.44. The van der Waals surface area contributed by atoms with Crippen LogP contribution >= 0.6 is 0 Å². The number of aliphatic hydroxyl groups is 5. The van der Waals surface area contributed by atoms with Gasteiger partial charge in [-0.05, 0) is 32.1 Å². The van der Waals surface area contributed by atoms with E-state index < -0.39 is 49.5 Å². The van der Waals surface area contributed by atoms with E-state index in [1.54, 1.807) is 6.08 Å². The number of ether oxygens (including phenoxy) is 3. The first kappa shape index (κ1) is 77.4. The minimum absolute atomic E-state index is 0.0115. The molecule has 6 N–H and O–H groups in total. The van der Waals surface area contributed by atoms with E-state index in [2.05, 4.69) is 19.2 Å². The molecule has 7 atom stereocenters. The fraction of sp³-hybridized carbons (Fsp3) is 0.943. The highest BCUT2D eigenvalue weighted by atomic mass is 16.7. The third-order valence-electron chi connectivity index (χ3n) is 17.2. The maximum atomic E-state index is 13.0. The number of esters is 1. The Labute approximate surface area is 499 Å². The zero-order valence-electron chi connectivity index (χ0n) is 53.3. The molecule has 1 amide bonds. The molecule has 1 heterocycles. The van der Waals surface area contributed by atoms with Gasteiger partial charge in [-0.25, -0.2) is 0 Å². The molecular formula is C70H135NO10. The van der Waals surface area contributed by atoms with Crippen molar-refractivity contribution in [2.24, 2.45) is 0 Å². The normalized spacial score (nSPS) is 18.2. The van der Waals surface area contributed by atoms with E-state index in [0.29, 0.717) is 19.4 Å². The van der Waals surface area contributed by atoms with Crippen LogP contribution in [0.15, 0.2) is 12.2 Å². The van der Waals surface area contributed by atoms with Crippen molar-refractivity contribution in [1.29, 1.82) is 0 Å². The predicted octanol–water partition coefficient (Wildman–Crippen LogP) is 17.9. The summed E-state index contributed by atoms with van der Waals surface area (Å²) in [7, 11) is 0. The number of rotatable bonds is 63. The molecule has 11 nitrogen and oxygen atoms in total. The molecule has 1 saturated heterocycles. The number of carbonyl (C=O) groups excluding carboxylic acids is 2. The zero-order valence-corrected chi connectivity index (χ0v) is 53.3. The summed E-state index contributed by atoms with van der Waals surface area (Å²) in [5.41, 5.74) is 0. The maximum Gasteiger partial charge on any atom is 0.305 e. The second-order valence-corrected chi connectivity index (χ2v) is 25.0. The first-order valence-electron chi connectivity index (χ1n) is 35.5. The van der Waals surface area contributed by atoms with Crippen molar-refractivity contribution in [2.45, 2.75) is 403 Å². The van der Waals surface area contributed by atoms with E-state index in [-0.39, 0.29) is 18.5 Å². The summed E-state index contributed by atoms with van der Waals surface area (Å²) in [6.07, 6.45) is 63.6. The van der Waals surface area contributed by atoms with Crippen LogP contribution in [0, 0.1) is 0 Å². The summed E-state index contributed by atoms with van der Waals surface area (Å²) in [6.45, 7) is 4.36. The van der Waals surface area contributed by atoms with Crippen LogP contribution in [-0.4, -0.2) is 100 Å². The molecule has 0 spiro atoms. The number of unbranched alkanes of at least 4 members (excludes halogenated alkanes) is 49. The quantitative estimate of drug-likeness (QED) is 0.0195. The summed E-state index contributed by atoms with van der Waals surface area (Å²) in [5, 5.41) is 54.3. The lowest BCUT2D eigenvalue weighted by molar-refractivity contribution is -0.302. The van der Waals surface area contributed by atoms with Gasteiger partial charge in [0.1, 0.15) is 24.4 Å². The van der Waals surface area contributed by atoms with E-state index in [4.69, 9.17) is 14.2 Å². The summed E-state index contributed by atoms with van der Waals surface area (Å²) < 4.78 is 16.7. The maximum absolute atomic E-state index is 13.0. The van der Waals surface area contributed by atoms with Crippen LogP contribution in [0.2, 0.25) is 0 Å². The Morgan fingerprint density at radius 2 is 0.778 bits per heavy atom. The van der Waals surface area contributed by atoms with E-state index in [0.717, 1.165) is 51.4 Å². The Hall–Kier alpha value is -1.60. The predicted molar refractivity (Wildman–Crippen MR) is 338 cm³/mol. The van der Waals surface area contributed by atoms with Crippen molar-refractivity contribution in [3.8, 4) is 0 Å². The highest BCUT2D eigenvalue weighted by molar-refractivity contribution is 5.76. The van der Waals surface area contributed by atoms with Crippen LogP contribution in [0.5, 0.6) is 0 Å². The molecule has 0 aromatic rings. The van der Waals surface area contributed by atoms with Crippen molar-refractivity contribution in [3.05, 3.63) is 12.2 Å². The zero-order chi connectivity index (χ0) is 58.7. The fourth-order valence-electron chi connectivity index (χ4n) is 11.6. The van der Waals surface area contributed by atoms with Gasteiger partial charge in [-0.1, -0.05) is 328 Å². The molecule has 81 heavy (non-hydrogen) atoms. The topological polar surface area (TPSA) is 175 Å². The van der Waals surface area contributed by atoms with Crippen molar-refractivity contribution in [2.75, 3.05) is 19.8 Å². The molecule has 11 heteroatoms. The Kier molecular flexibility index (Phi) is 57.4. The molecule has 1 aliphatic heterocycles. The van der Waals surface area contributed by atoms with Gasteiger partial charge in [0, 0.05) is 12.8 Å². The Balaban J connectivity index is 1.90. The van der Waals surface area contributed by atoms with E-state index in [1.807, 2.05) is 6.08 Å². The van der Waals surface area contributed by atoms with Crippen molar-refractivity contribution in [3.63, 3.8) is 0 Å². The molecule has 0 saturated carbocycles. The monoisotopic (exact) mass is 1150 g/mol. The molecule has 0 aliphatic carbocycles. The van der Waals surface area contributed by atoms with Gasteiger partial charge in [-0.15, -0.1) is 0 Å². The number of carbonyl (C=O) groups is 2. The van der Waals surface area contributed by atoms with E-state index in [1.165, 1.54) is 283 Å². The third kappa shape index (κ3) is 49.2. The molecular weight excluding hydrogens is 1010 g/mol. The van der Waals surface area contributed by atoms with Crippen LogP contribution in [-0.2, 0) is 23.8 Å². The number of allylic oxidation sites excluding steroid dienone is 1. The molecule has 0 aromatic carbocycles. The molecule has 1 fully saturated rings. The van der Waals surface area contributed by atoms with Gasteiger partial charge in [0.2, 0.25) is 5.91 Å². The van der Waals surface area contributed by atoms with E-state index in [9.17, 15) is 35.1 Å². The van der Waals surface area contributed by atoms with Crippen molar-refractivity contribution >= 4 is 11.9 Å². The Morgan fingerprint density at radius 3 is 1.15 bits per heavy atom. The van der Waals surface area contributed by atoms with Gasteiger partial charge >= 0.3 is 5.97 Å². The average molecular weight is 1150 g/mol. The SMILES string of the molecule is CCCCCCCCC/C=C/C(O)C(COC1OC(CO)C(O)C(O)C1O)NC(=O)CCCCCCCCCCCCCCCCCCCCCCCCCCCOC(=O)CCCCCCCCCCCCCCCCCCCCC. The van der Waals surface area contributed by atoms with Gasteiger partial charge in [0.15, 0.2) is 6.29 Å². The van der Waals surface area contributed by atoms with Crippen LogP contribution in [0.4, 0.5) is 0 Å². The summed E-state index contributed by atoms with van der Waals surface area (Å²) in [4.78, 5) is 25.1. The van der Waals surface area contributed by atoms with Gasteiger partial charge in [0.25, 0.3) is 0 Å². The highest BCUT2D eigenvalue weighted by Crippen LogP contribution is 2.23. The first-order valence-corrected chi connectivity index (χ1v) is 35.5. The lowest BCUT2D eigenvalue weighted by Crippen LogP contribution is -2.60. The molecule has 480 valence electrons. The van der Waals surface area contributed by atoms with Crippen LogP contribution in [0.3, 0.4) is 0 Å². The largest absolute Gasteiger partial charge is 0.466 e. The lowest BCUT2D eigenvalue weighted by Gasteiger charge is -2.40. The molecule has 7 unspecified atom stereocenters. The third-order valence-corrected chi connectivity index (χ3v) is 17.2. The number of amides is 1. The first-order chi connectivity index (χ1) is 39.7. The number of nitrogens with one attached hydrogen (secondary N) is 1.